The number of rotatable bonds is 6. The molecule has 0 atom stereocenters. The van der Waals surface area contributed by atoms with Gasteiger partial charge < -0.3 is 4.90 Å². The molecule has 0 bridgehead atoms. The van der Waals surface area contributed by atoms with E-state index in [4.69, 9.17) is 11.6 Å². The van der Waals surface area contributed by atoms with E-state index >= 15 is 0 Å². The molecule has 7 heteroatoms. The van der Waals surface area contributed by atoms with Gasteiger partial charge in [-0.15, -0.1) is 0 Å². The molecule has 0 unspecified atom stereocenters. The lowest BCUT2D eigenvalue weighted by molar-refractivity contribution is -0.131. The number of halogens is 2. The number of benzene rings is 2. The minimum Gasteiger partial charge on any atom is -0.339 e. The Hall–Kier alpha value is -2.18. The zero-order valence-electron chi connectivity index (χ0n) is 14.9. The zero-order valence-corrected chi connectivity index (χ0v) is 17.2. The number of hydrogen-bond donors (Lipinski definition) is 0. The molecule has 1 heterocycles. The van der Waals surface area contributed by atoms with E-state index in [0.717, 1.165) is 10.0 Å². The molecule has 140 valence electrons. The first kappa shape index (κ1) is 19.6. The molecule has 0 N–H and O–H groups in total. The predicted octanol–water partition coefficient (Wildman–Crippen LogP) is 4.25. The van der Waals surface area contributed by atoms with Gasteiger partial charge in [-0.1, -0.05) is 39.7 Å². The van der Waals surface area contributed by atoms with Gasteiger partial charge >= 0.3 is 0 Å². The first-order chi connectivity index (χ1) is 13.0. The van der Waals surface area contributed by atoms with Crippen molar-refractivity contribution in [3.63, 3.8) is 0 Å². The minimum atomic E-state index is -0.146. The Kier molecular flexibility index (Phi) is 6.29. The number of fused-ring (bicyclic) bond motifs is 1. The van der Waals surface area contributed by atoms with Crippen LogP contribution in [0.5, 0.6) is 0 Å². The van der Waals surface area contributed by atoms with Crippen LogP contribution in [-0.4, -0.2) is 26.9 Å². The van der Waals surface area contributed by atoms with Crippen molar-refractivity contribution in [1.29, 1.82) is 0 Å². The van der Waals surface area contributed by atoms with Gasteiger partial charge in [0.25, 0.3) is 5.56 Å². The molecule has 3 aromatic rings. The zero-order chi connectivity index (χ0) is 19.4. The Labute approximate surface area is 170 Å². The summed E-state index contributed by atoms with van der Waals surface area (Å²) in [5.41, 5.74) is 1.47. The van der Waals surface area contributed by atoms with Crippen LogP contribution in [0.4, 0.5) is 0 Å². The molecular formula is C20H19BrClN3O2. The smallest absolute Gasteiger partial charge is 0.261 e. The third-order valence-electron chi connectivity index (χ3n) is 4.35. The molecule has 5 nitrogen and oxygen atoms in total. The summed E-state index contributed by atoms with van der Waals surface area (Å²) in [6.45, 7) is 3.31. The van der Waals surface area contributed by atoms with Gasteiger partial charge in [0.1, 0.15) is 0 Å². The van der Waals surface area contributed by atoms with E-state index in [9.17, 15) is 9.59 Å². The van der Waals surface area contributed by atoms with Crippen molar-refractivity contribution < 1.29 is 4.79 Å². The van der Waals surface area contributed by atoms with Crippen molar-refractivity contribution in [2.75, 3.05) is 6.54 Å². The van der Waals surface area contributed by atoms with E-state index in [2.05, 4.69) is 20.9 Å². The molecule has 3 rings (SSSR count). The Morgan fingerprint density at radius 1 is 1.26 bits per heavy atom. The van der Waals surface area contributed by atoms with Crippen LogP contribution in [0.3, 0.4) is 0 Å². The molecule has 0 radical (unpaired) electrons. The van der Waals surface area contributed by atoms with E-state index in [-0.39, 0.29) is 17.9 Å². The van der Waals surface area contributed by atoms with Crippen molar-refractivity contribution in [3.05, 3.63) is 74.2 Å². The van der Waals surface area contributed by atoms with Gasteiger partial charge in [-0.05, 0) is 42.8 Å². The van der Waals surface area contributed by atoms with Gasteiger partial charge in [0.15, 0.2) is 0 Å². The molecule has 0 fully saturated rings. The van der Waals surface area contributed by atoms with E-state index in [1.54, 1.807) is 23.1 Å². The number of amides is 1. The number of nitrogens with zero attached hydrogens (tertiary/aromatic N) is 3. The summed E-state index contributed by atoms with van der Waals surface area (Å²) in [7, 11) is 0. The van der Waals surface area contributed by atoms with Crippen molar-refractivity contribution in [2.24, 2.45) is 0 Å². The first-order valence-corrected chi connectivity index (χ1v) is 9.82. The van der Waals surface area contributed by atoms with E-state index < -0.39 is 0 Å². The minimum absolute atomic E-state index is 0.0151. The third kappa shape index (κ3) is 4.76. The maximum Gasteiger partial charge on any atom is 0.261 e. The second-order valence-corrected chi connectivity index (χ2v) is 7.54. The lowest BCUT2D eigenvalue weighted by Crippen LogP contribution is -2.32. The molecule has 0 spiro atoms. The summed E-state index contributed by atoms with van der Waals surface area (Å²) < 4.78 is 2.31. The highest BCUT2D eigenvalue weighted by Gasteiger charge is 2.13. The second kappa shape index (κ2) is 8.67. The summed E-state index contributed by atoms with van der Waals surface area (Å²) in [5.74, 6) is -0.0151. The second-order valence-electron chi connectivity index (χ2n) is 6.19. The van der Waals surface area contributed by atoms with Crippen LogP contribution in [0.2, 0.25) is 5.02 Å². The van der Waals surface area contributed by atoms with E-state index in [0.29, 0.717) is 35.6 Å². The number of aryl methyl sites for hydroxylation is 1. The van der Waals surface area contributed by atoms with Crippen LogP contribution in [0, 0.1) is 0 Å². The average molecular weight is 449 g/mol. The lowest BCUT2D eigenvalue weighted by atomic mass is 10.2. The van der Waals surface area contributed by atoms with Gasteiger partial charge in [-0.2, -0.15) is 0 Å². The highest BCUT2D eigenvalue weighted by atomic mass is 79.9. The van der Waals surface area contributed by atoms with Crippen LogP contribution in [-0.2, 0) is 17.9 Å². The lowest BCUT2D eigenvalue weighted by Gasteiger charge is -2.21. The largest absolute Gasteiger partial charge is 0.339 e. The highest BCUT2D eigenvalue weighted by molar-refractivity contribution is 9.10. The Morgan fingerprint density at radius 2 is 2.07 bits per heavy atom. The Morgan fingerprint density at radius 3 is 2.81 bits per heavy atom. The van der Waals surface area contributed by atoms with Crippen LogP contribution >= 0.6 is 27.5 Å². The van der Waals surface area contributed by atoms with Crippen LogP contribution in [0.1, 0.15) is 18.9 Å². The van der Waals surface area contributed by atoms with E-state index in [1.807, 2.05) is 31.2 Å². The molecule has 2 aromatic carbocycles. The van der Waals surface area contributed by atoms with Crippen molar-refractivity contribution in [3.8, 4) is 0 Å². The number of hydrogen-bond acceptors (Lipinski definition) is 3. The molecular weight excluding hydrogens is 430 g/mol. The standard InChI is InChI=1S/C20H19BrClN3O2/c1-2-24(12-14-4-3-5-16(22)10-14)19(26)8-9-25-13-23-18-7-6-15(21)11-17(18)20(25)27/h3-7,10-11,13H,2,8-9,12H2,1H3. The fraction of sp³-hybridized carbons (Fsp3) is 0.250. The molecule has 0 saturated heterocycles. The van der Waals surface area contributed by atoms with Crippen LogP contribution in [0.25, 0.3) is 10.9 Å². The topological polar surface area (TPSA) is 55.2 Å². The summed E-state index contributed by atoms with van der Waals surface area (Å²) in [6.07, 6.45) is 1.73. The van der Waals surface area contributed by atoms with Crippen LogP contribution < -0.4 is 5.56 Å². The van der Waals surface area contributed by atoms with E-state index in [1.165, 1.54) is 10.9 Å². The average Bonchev–Trinajstić information content (AvgIpc) is 2.66. The quantitative estimate of drug-likeness (QED) is 0.566. The summed E-state index contributed by atoms with van der Waals surface area (Å²) in [5, 5.41) is 1.18. The molecule has 0 aliphatic carbocycles. The number of aromatic nitrogens is 2. The van der Waals surface area contributed by atoms with Gasteiger partial charge in [-0.25, -0.2) is 4.98 Å². The summed E-state index contributed by atoms with van der Waals surface area (Å²) in [6, 6.07) is 12.9. The molecule has 1 aromatic heterocycles. The molecule has 0 aliphatic rings. The monoisotopic (exact) mass is 447 g/mol. The van der Waals surface area contributed by atoms with Gasteiger partial charge in [0.05, 0.1) is 17.2 Å². The number of carbonyl (C=O) groups is 1. The molecule has 27 heavy (non-hydrogen) atoms. The highest BCUT2D eigenvalue weighted by Crippen LogP contribution is 2.15. The normalized spacial score (nSPS) is 10.9. The maximum atomic E-state index is 12.6. The van der Waals surface area contributed by atoms with Gasteiger partial charge in [0.2, 0.25) is 5.91 Å². The SMILES string of the molecule is CCN(Cc1cccc(Cl)c1)C(=O)CCn1cnc2ccc(Br)cc2c1=O. The first-order valence-electron chi connectivity index (χ1n) is 8.65. The number of carbonyl (C=O) groups excluding carboxylic acids is 1. The fourth-order valence-corrected chi connectivity index (χ4v) is 3.47. The Balaban J connectivity index is 1.71. The van der Waals surface area contributed by atoms with Gasteiger partial charge in [-0.3, -0.25) is 14.2 Å². The molecule has 0 aliphatic heterocycles. The predicted molar refractivity (Wildman–Crippen MR) is 111 cm³/mol. The Bertz CT molecular complexity index is 1040. The van der Waals surface area contributed by atoms with Gasteiger partial charge in [0, 0.05) is 35.6 Å². The van der Waals surface area contributed by atoms with Crippen molar-refractivity contribution in [1.82, 2.24) is 14.5 Å². The van der Waals surface area contributed by atoms with Crippen LogP contribution in [0.15, 0.2) is 58.1 Å². The molecule has 0 saturated carbocycles. The summed E-state index contributed by atoms with van der Waals surface area (Å²) in [4.78, 5) is 31.3. The third-order valence-corrected chi connectivity index (χ3v) is 5.08. The summed E-state index contributed by atoms with van der Waals surface area (Å²) >= 11 is 9.39. The maximum absolute atomic E-state index is 12.6. The van der Waals surface area contributed by atoms with Crippen molar-refractivity contribution >= 4 is 44.3 Å². The molecule has 1 amide bonds. The fourth-order valence-electron chi connectivity index (χ4n) is 2.90. The van der Waals surface area contributed by atoms with Crippen molar-refractivity contribution in [2.45, 2.75) is 26.4 Å².